The molecule has 6 heteroatoms. The lowest BCUT2D eigenvalue weighted by Crippen LogP contribution is -2.52. The summed E-state index contributed by atoms with van der Waals surface area (Å²) in [6.45, 7) is 7.02. The van der Waals surface area contributed by atoms with Crippen LogP contribution in [0.5, 0.6) is 0 Å². The van der Waals surface area contributed by atoms with Gasteiger partial charge in [0.1, 0.15) is 0 Å². The van der Waals surface area contributed by atoms with Crippen LogP contribution in [0.3, 0.4) is 0 Å². The van der Waals surface area contributed by atoms with Crippen LogP contribution in [0, 0.1) is 0 Å². The van der Waals surface area contributed by atoms with Gasteiger partial charge in [0.25, 0.3) is 11.8 Å². The van der Waals surface area contributed by atoms with Crippen LogP contribution >= 0.6 is 12.4 Å². The molecule has 1 rings (SSSR count). The van der Waals surface area contributed by atoms with Crippen LogP contribution in [-0.2, 0) is 0 Å². The Hall–Kier alpha value is -1.59. The third-order valence-electron chi connectivity index (χ3n) is 4.05. The lowest BCUT2D eigenvalue weighted by molar-refractivity contribution is 0.0895. The van der Waals surface area contributed by atoms with Crippen molar-refractivity contribution < 1.29 is 9.59 Å². The molecule has 4 N–H and O–H groups in total. The van der Waals surface area contributed by atoms with Gasteiger partial charge in [0.2, 0.25) is 0 Å². The molecule has 0 aliphatic carbocycles. The number of amides is 2. The van der Waals surface area contributed by atoms with Gasteiger partial charge in [0.15, 0.2) is 0 Å². The van der Waals surface area contributed by atoms with Gasteiger partial charge in [0, 0.05) is 24.2 Å². The average Bonchev–Trinajstić information content (AvgIpc) is 2.57. The van der Waals surface area contributed by atoms with E-state index in [9.17, 15) is 9.59 Å². The van der Waals surface area contributed by atoms with E-state index in [2.05, 4.69) is 10.6 Å². The molecule has 0 atom stereocenters. The van der Waals surface area contributed by atoms with Gasteiger partial charge in [-0.25, -0.2) is 0 Å². The Bertz CT molecular complexity index is 508. The van der Waals surface area contributed by atoms with Crippen molar-refractivity contribution in [1.29, 1.82) is 0 Å². The molecule has 0 fully saturated rings. The second-order valence-electron chi connectivity index (χ2n) is 5.48. The molecular formula is C17H28ClN3O2. The third kappa shape index (κ3) is 5.84. The van der Waals surface area contributed by atoms with E-state index in [0.29, 0.717) is 24.2 Å². The summed E-state index contributed by atoms with van der Waals surface area (Å²) in [7, 11) is 0. The number of rotatable bonds is 8. The standard InChI is InChI=1S/C17H27N3O2.ClH/c1-4-10-19-15(21)13-8-7-9-14(11-13)16(22)20-17(5-2,6-3)12-18;/h7-9,11H,4-6,10,12,18H2,1-3H3,(H,19,21)(H,20,22);1H. The van der Waals surface area contributed by atoms with Gasteiger partial charge in [-0.2, -0.15) is 0 Å². The fourth-order valence-electron chi connectivity index (χ4n) is 2.22. The highest BCUT2D eigenvalue weighted by molar-refractivity contribution is 5.99. The van der Waals surface area contributed by atoms with E-state index in [1.165, 1.54) is 0 Å². The molecule has 0 saturated heterocycles. The summed E-state index contributed by atoms with van der Waals surface area (Å²) < 4.78 is 0. The first-order valence-corrected chi connectivity index (χ1v) is 7.92. The summed E-state index contributed by atoms with van der Waals surface area (Å²) in [5, 5.41) is 5.82. The van der Waals surface area contributed by atoms with Crippen molar-refractivity contribution in [2.45, 2.75) is 45.6 Å². The monoisotopic (exact) mass is 341 g/mol. The molecule has 23 heavy (non-hydrogen) atoms. The Morgan fingerprint density at radius 3 is 2.13 bits per heavy atom. The van der Waals surface area contributed by atoms with Crippen molar-refractivity contribution in [3.05, 3.63) is 35.4 Å². The number of hydrogen-bond donors (Lipinski definition) is 3. The third-order valence-corrected chi connectivity index (χ3v) is 4.05. The highest BCUT2D eigenvalue weighted by atomic mass is 35.5. The van der Waals surface area contributed by atoms with Crippen molar-refractivity contribution in [3.8, 4) is 0 Å². The summed E-state index contributed by atoms with van der Waals surface area (Å²) in [6, 6.07) is 6.75. The second kappa shape index (κ2) is 10.2. The quantitative estimate of drug-likeness (QED) is 0.679. The molecule has 1 aromatic carbocycles. The maximum absolute atomic E-state index is 12.4. The molecule has 0 saturated carbocycles. The SMILES string of the molecule is CCCNC(=O)c1cccc(C(=O)NC(CC)(CC)CN)c1.Cl. The topological polar surface area (TPSA) is 84.2 Å². The van der Waals surface area contributed by atoms with Crippen molar-refractivity contribution in [2.75, 3.05) is 13.1 Å². The smallest absolute Gasteiger partial charge is 0.251 e. The van der Waals surface area contributed by atoms with E-state index in [0.717, 1.165) is 19.3 Å². The van der Waals surface area contributed by atoms with Crippen LogP contribution in [0.15, 0.2) is 24.3 Å². The minimum atomic E-state index is -0.391. The zero-order chi connectivity index (χ0) is 16.6. The number of carbonyl (C=O) groups excluding carboxylic acids is 2. The Balaban J connectivity index is 0.00000484. The Labute approximate surface area is 144 Å². The summed E-state index contributed by atoms with van der Waals surface area (Å²) in [5.74, 6) is -0.355. The largest absolute Gasteiger partial charge is 0.352 e. The van der Waals surface area contributed by atoms with Crippen molar-refractivity contribution in [2.24, 2.45) is 5.73 Å². The Morgan fingerprint density at radius 1 is 1.09 bits per heavy atom. The van der Waals surface area contributed by atoms with Crippen LogP contribution in [0.1, 0.15) is 60.7 Å². The number of carbonyl (C=O) groups is 2. The number of nitrogens with one attached hydrogen (secondary N) is 2. The predicted molar refractivity (Wildman–Crippen MR) is 96.1 cm³/mol. The average molecular weight is 342 g/mol. The number of nitrogens with two attached hydrogens (primary N) is 1. The minimum absolute atomic E-state index is 0. The van der Waals surface area contributed by atoms with Crippen LogP contribution in [0.2, 0.25) is 0 Å². The lowest BCUT2D eigenvalue weighted by atomic mass is 9.92. The van der Waals surface area contributed by atoms with Gasteiger partial charge < -0.3 is 16.4 Å². The summed E-state index contributed by atoms with van der Waals surface area (Å²) in [6.07, 6.45) is 2.41. The predicted octanol–water partition coefficient (Wildman–Crippen LogP) is 2.50. The summed E-state index contributed by atoms with van der Waals surface area (Å²) in [5.41, 5.74) is 6.39. The molecule has 0 bridgehead atoms. The molecule has 1 aromatic rings. The zero-order valence-corrected chi connectivity index (χ0v) is 15.0. The molecule has 0 radical (unpaired) electrons. The zero-order valence-electron chi connectivity index (χ0n) is 14.1. The number of benzene rings is 1. The van der Waals surface area contributed by atoms with E-state index < -0.39 is 5.54 Å². The lowest BCUT2D eigenvalue weighted by Gasteiger charge is -2.31. The Morgan fingerprint density at radius 2 is 1.65 bits per heavy atom. The van der Waals surface area contributed by atoms with Gasteiger partial charge in [0.05, 0.1) is 5.54 Å². The maximum atomic E-state index is 12.4. The highest BCUT2D eigenvalue weighted by Crippen LogP contribution is 2.15. The fourth-order valence-corrected chi connectivity index (χ4v) is 2.22. The van der Waals surface area contributed by atoms with E-state index in [4.69, 9.17) is 5.73 Å². The van der Waals surface area contributed by atoms with Crippen LogP contribution in [-0.4, -0.2) is 30.4 Å². The first-order valence-electron chi connectivity index (χ1n) is 7.92. The fraction of sp³-hybridized carbons (Fsp3) is 0.529. The van der Waals surface area contributed by atoms with Crippen molar-refractivity contribution in [3.63, 3.8) is 0 Å². The maximum Gasteiger partial charge on any atom is 0.251 e. The molecular weight excluding hydrogens is 314 g/mol. The molecule has 0 aromatic heterocycles. The van der Waals surface area contributed by atoms with Gasteiger partial charge in [-0.3, -0.25) is 9.59 Å². The van der Waals surface area contributed by atoms with Gasteiger partial charge in [-0.1, -0.05) is 26.8 Å². The summed E-state index contributed by atoms with van der Waals surface area (Å²) in [4.78, 5) is 24.4. The number of hydrogen-bond acceptors (Lipinski definition) is 3. The molecule has 2 amide bonds. The van der Waals surface area contributed by atoms with E-state index in [-0.39, 0.29) is 24.2 Å². The van der Waals surface area contributed by atoms with E-state index >= 15 is 0 Å². The van der Waals surface area contributed by atoms with Crippen LogP contribution < -0.4 is 16.4 Å². The highest BCUT2D eigenvalue weighted by Gasteiger charge is 2.26. The van der Waals surface area contributed by atoms with E-state index in [1.807, 2.05) is 20.8 Å². The molecule has 0 unspecified atom stereocenters. The first kappa shape index (κ1) is 21.4. The van der Waals surface area contributed by atoms with Gasteiger partial charge in [-0.05, 0) is 37.5 Å². The second-order valence-corrected chi connectivity index (χ2v) is 5.48. The molecule has 0 aliphatic heterocycles. The minimum Gasteiger partial charge on any atom is -0.352 e. The normalized spacial score (nSPS) is 10.6. The van der Waals surface area contributed by atoms with E-state index in [1.54, 1.807) is 24.3 Å². The molecule has 0 spiro atoms. The molecule has 0 aliphatic rings. The molecule has 5 nitrogen and oxygen atoms in total. The van der Waals surface area contributed by atoms with Crippen LogP contribution in [0.25, 0.3) is 0 Å². The van der Waals surface area contributed by atoms with Crippen molar-refractivity contribution >= 4 is 24.2 Å². The van der Waals surface area contributed by atoms with Crippen molar-refractivity contribution in [1.82, 2.24) is 10.6 Å². The Kier molecular flexibility index (Phi) is 9.53. The van der Waals surface area contributed by atoms with Gasteiger partial charge in [-0.15, -0.1) is 12.4 Å². The molecule has 0 heterocycles. The van der Waals surface area contributed by atoms with Gasteiger partial charge >= 0.3 is 0 Å². The number of halogens is 1. The summed E-state index contributed by atoms with van der Waals surface area (Å²) >= 11 is 0. The molecule has 130 valence electrons. The first-order chi connectivity index (χ1) is 10.5. The van der Waals surface area contributed by atoms with Crippen LogP contribution in [0.4, 0.5) is 0 Å².